The topological polar surface area (TPSA) is 104 Å². The second kappa shape index (κ2) is 6.17. The monoisotopic (exact) mass is 296 g/mol. The van der Waals surface area contributed by atoms with Crippen LogP contribution in [0.3, 0.4) is 0 Å². The van der Waals surface area contributed by atoms with Crippen LogP contribution in [-0.2, 0) is 6.54 Å². The first-order valence-corrected chi connectivity index (χ1v) is 6.83. The highest BCUT2D eigenvalue weighted by Crippen LogP contribution is 2.12. The highest BCUT2D eigenvalue weighted by Gasteiger charge is 2.06. The molecule has 0 saturated heterocycles. The number of aryl methyl sites for hydroxylation is 2. The fourth-order valence-electron chi connectivity index (χ4n) is 1.90. The van der Waals surface area contributed by atoms with Gasteiger partial charge in [-0.1, -0.05) is 6.07 Å². The van der Waals surface area contributed by atoms with Crippen molar-refractivity contribution in [2.45, 2.75) is 20.4 Å². The molecular weight excluding hydrogens is 280 g/mol. The largest absolute Gasteiger partial charge is 0.350 e. The van der Waals surface area contributed by atoms with E-state index in [1.807, 2.05) is 32.0 Å². The van der Waals surface area contributed by atoms with E-state index in [1.165, 1.54) is 0 Å². The van der Waals surface area contributed by atoms with E-state index in [-0.39, 0.29) is 0 Å². The molecule has 8 heteroatoms. The van der Waals surface area contributed by atoms with Crippen molar-refractivity contribution in [2.75, 3.05) is 10.6 Å². The second-order valence-electron chi connectivity index (χ2n) is 4.81. The molecule has 0 radical (unpaired) electrons. The fourth-order valence-corrected chi connectivity index (χ4v) is 1.90. The third kappa shape index (κ3) is 3.54. The smallest absolute Gasteiger partial charge is 0.233 e. The van der Waals surface area contributed by atoms with Crippen LogP contribution in [0.15, 0.2) is 30.6 Å². The molecule has 8 nitrogen and oxygen atoms in total. The first-order chi connectivity index (χ1) is 10.7. The summed E-state index contributed by atoms with van der Waals surface area (Å²) in [5.74, 6) is 2.25. The van der Waals surface area contributed by atoms with E-state index < -0.39 is 0 Å². The molecule has 3 aromatic rings. The van der Waals surface area contributed by atoms with E-state index >= 15 is 0 Å². The van der Waals surface area contributed by atoms with Gasteiger partial charge in [-0.3, -0.25) is 10.1 Å². The molecule has 0 amide bonds. The Bertz CT molecular complexity index is 753. The summed E-state index contributed by atoms with van der Waals surface area (Å²) in [4.78, 5) is 16.9. The van der Waals surface area contributed by atoms with Crippen molar-refractivity contribution in [1.82, 2.24) is 30.1 Å². The predicted octanol–water partition coefficient (Wildman–Crippen LogP) is 1.96. The molecule has 0 fully saturated rings. The summed E-state index contributed by atoms with van der Waals surface area (Å²) in [5.41, 5.74) is 2.02. The summed E-state index contributed by atoms with van der Waals surface area (Å²) in [6.45, 7) is 4.34. The maximum Gasteiger partial charge on any atom is 0.233 e. The highest BCUT2D eigenvalue weighted by atomic mass is 15.3. The maximum atomic E-state index is 4.33. The Balaban J connectivity index is 1.72. The van der Waals surface area contributed by atoms with Crippen LogP contribution in [0, 0.1) is 13.8 Å². The van der Waals surface area contributed by atoms with Crippen molar-refractivity contribution in [1.29, 1.82) is 0 Å². The molecule has 3 N–H and O–H groups in total. The first-order valence-electron chi connectivity index (χ1n) is 6.83. The minimum absolute atomic E-state index is 0.452. The summed E-state index contributed by atoms with van der Waals surface area (Å²) >= 11 is 0. The van der Waals surface area contributed by atoms with E-state index in [9.17, 15) is 0 Å². The third-order valence-electron chi connectivity index (χ3n) is 2.87. The van der Waals surface area contributed by atoms with Gasteiger partial charge in [0.15, 0.2) is 5.82 Å². The van der Waals surface area contributed by atoms with Gasteiger partial charge < -0.3 is 10.6 Å². The molecule has 3 aromatic heterocycles. The number of hydrogen-bond acceptors (Lipinski definition) is 7. The Morgan fingerprint density at radius 3 is 2.73 bits per heavy atom. The van der Waals surface area contributed by atoms with E-state index in [0.29, 0.717) is 30.1 Å². The standard InChI is InChI=1S/C14H16N8/c1-9-6-12(22-21-9)19-14-18-10(2)17-13(20-14)16-8-11-4-3-5-15-7-11/h3-7H,8H2,1-2H3,(H3,16,17,18,19,20,21,22). The van der Waals surface area contributed by atoms with Crippen LogP contribution in [0.25, 0.3) is 0 Å². The van der Waals surface area contributed by atoms with Crippen LogP contribution < -0.4 is 10.6 Å². The van der Waals surface area contributed by atoms with Crippen molar-refractivity contribution in [3.63, 3.8) is 0 Å². The molecule has 0 saturated carbocycles. The lowest BCUT2D eigenvalue weighted by Gasteiger charge is -2.07. The molecular formula is C14H16N8. The zero-order chi connectivity index (χ0) is 15.4. The number of rotatable bonds is 5. The second-order valence-corrected chi connectivity index (χ2v) is 4.81. The van der Waals surface area contributed by atoms with Crippen molar-refractivity contribution in [3.8, 4) is 0 Å². The molecule has 0 aliphatic heterocycles. The summed E-state index contributed by atoms with van der Waals surface area (Å²) in [6.07, 6.45) is 3.54. The van der Waals surface area contributed by atoms with Gasteiger partial charge in [0.05, 0.1) is 0 Å². The Labute approximate surface area is 127 Å². The molecule has 0 spiro atoms. The van der Waals surface area contributed by atoms with Crippen LogP contribution >= 0.6 is 0 Å². The Morgan fingerprint density at radius 2 is 2.00 bits per heavy atom. The number of H-pyrrole nitrogens is 1. The van der Waals surface area contributed by atoms with Crippen molar-refractivity contribution in [3.05, 3.63) is 47.7 Å². The normalized spacial score (nSPS) is 10.5. The number of aromatic nitrogens is 6. The van der Waals surface area contributed by atoms with Crippen LogP contribution in [0.4, 0.5) is 17.7 Å². The van der Waals surface area contributed by atoms with E-state index in [0.717, 1.165) is 11.3 Å². The summed E-state index contributed by atoms with van der Waals surface area (Å²) in [5, 5.41) is 13.2. The van der Waals surface area contributed by atoms with Gasteiger partial charge in [0.25, 0.3) is 0 Å². The lowest BCUT2D eigenvalue weighted by Crippen LogP contribution is -2.08. The molecule has 0 aliphatic carbocycles. The van der Waals surface area contributed by atoms with Crippen molar-refractivity contribution < 1.29 is 0 Å². The number of aromatic amines is 1. The van der Waals surface area contributed by atoms with E-state index in [4.69, 9.17) is 0 Å². The first kappa shape index (κ1) is 13.9. The van der Waals surface area contributed by atoms with Gasteiger partial charge in [-0.05, 0) is 25.5 Å². The quantitative estimate of drug-likeness (QED) is 0.661. The number of hydrogen-bond donors (Lipinski definition) is 3. The average Bonchev–Trinajstić information content (AvgIpc) is 2.91. The zero-order valence-corrected chi connectivity index (χ0v) is 12.3. The van der Waals surface area contributed by atoms with E-state index in [2.05, 4.69) is 40.8 Å². The summed E-state index contributed by atoms with van der Waals surface area (Å²) in [6, 6.07) is 5.75. The zero-order valence-electron chi connectivity index (χ0n) is 12.3. The number of nitrogens with zero attached hydrogens (tertiary/aromatic N) is 5. The molecule has 22 heavy (non-hydrogen) atoms. The van der Waals surface area contributed by atoms with Crippen molar-refractivity contribution in [2.24, 2.45) is 0 Å². The molecule has 3 heterocycles. The molecule has 3 rings (SSSR count). The Kier molecular flexibility index (Phi) is 3.90. The van der Waals surface area contributed by atoms with Gasteiger partial charge in [0.2, 0.25) is 11.9 Å². The van der Waals surface area contributed by atoms with Gasteiger partial charge in [-0.2, -0.15) is 20.1 Å². The molecule has 112 valence electrons. The number of pyridine rings is 1. The van der Waals surface area contributed by atoms with Gasteiger partial charge in [-0.25, -0.2) is 0 Å². The molecule has 0 aromatic carbocycles. The Hall–Kier alpha value is -3.03. The van der Waals surface area contributed by atoms with Crippen LogP contribution in [0.2, 0.25) is 0 Å². The van der Waals surface area contributed by atoms with Crippen LogP contribution in [0.1, 0.15) is 17.1 Å². The predicted molar refractivity (Wildman–Crippen MR) is 82.7 cm³/mol. The molecule has 0 aliphatic rings. The average molecular weight is 296 g/mol. The molecule has 0 atom stereocenters. The molecule has 0 unspecified atom stereocenters. The SMILES string of the molecule is Cc1nc(NCc2cccnc2)nc(Nc2cc(C)[nH]n2)n1. The number of nitrogens with one attached hydrogen (secondary N) is 3. The minimum atomic E-state index is 0.452. The minimum Gasteiger partial charge on any atom is -0.350 e. The molecule has 0 bridgehead atoms. The fraction of sp³-hybridized carbons (Fsp3) is 0.214. The third-order valence-corrected chi connectivity index (χ3v) is 2.87. The Morgan fingerprint density at radius 1 is 1.14 bits per heavy atom. The van der Waals surface area contributed by atoms with Gasteiger partial charge in [-0.15, -0.1) is 0 Å². The maximum absolute atomic E-state index is 4.33. The lowest BCUT2D eigenvalue weighted by atomic mass is 10.3. The van der Waals surface area contributed by atoms with Gasteiger partial charge in [0.1, 0.15) is 5.82 Å². The highest BCUT2D eigenvalue weighted by molar-refractivity contribution is 5.49. The number of anilines is 3. The summed E-state index contributed by atoms with van der Waals surface area (Å²) in [7, 11) is 0. The lowest BCUT2D eigenvalue weighted by molar-refractivity contribution is 0.952. The van der Waals surface area contributed by atoms with E-state index in [1.54, 1.807) is 12.4 Å². The van der Waals surface area contributed by atoms with Gasteiger partial charge >= 0.3 is 0 Å². The summed E-state index contributed by atoms with van der Waals surface area (Å²) < 4.78 is 0. The van der Waals surface area contributed by atoms with Gasteiger partial charge in [0, 0.05) is 30.7 Å². The van der Waals surface area contributed by atoms with Crippen LogP contribution in [-0.4, -0.2) is 30.1 Å². The van der Waals surface area contributed by atoms with Crippen LogP contribution in [0.5, 0.6) is 0 Å². The van der Waals surface area contributed by atoms with Crippen molar-refractivity contribution >= 4 is 17.7 Å².